The monoisotopic (exact) mass is 265 g/mol. The van der Waals surface area contributed by atoms with Crippen LogP contribution in [0.15, 0.2) is 49.1 Å². The molecule has 0 fully saturated rings. The summed E-state index contributed by atoms with van der Waals surface area (Å²) < 4.78 is 27.3. The van der Waals surface area contributed by atoms with Gasteiger partial charge in [-0.1, -0.05) is 30.3 Å². The van der Waals surface area contributed by atoms with Crippen LogP contribution < -0.4 is 4.72 Å². The van der Waals surface area contributed by atoms with Gasteiger partial charge in [0.15, 0.2) is 0 Å². The fourth-order valence-electron chi connectivity index (χ4n) is 1.76. The highest BCUT2D eigenvalue weighted by Gasteiger charge is 2.16. The van der Waals surface area contributed by atoms with E-state index < -0.39 is 10.0 Å². The first kappa shape index (κ1) is 12.8. The van der Waals surface area contributed by atoms with Gasteiger partial charge in [0, 0.05) is 18.9 Å². The lowest BCUT2D eigenvalue weighted by Crippen LogP contribution is -2.30. The first-order valence-electron chi connectivity index (χ1n) is 5.52. The van der Waals surface area contributed by atoms with Gasteiger partial charge < -0.3 is 4.57 Å². The van der Waals surface area contributed by atoms with Gasteiger partial charge in [-0.05, 0) is 5.56 Å². The first-order valence-corrected chi connectivity index (χ1v) is 7.42. The molecule has 1 atom stereocenters. The molecule has 1 N–H and O–H groups in total. The van der Waals surface area contributed by atoms with Crippen molar-refractivity contribution in [2.75, 3.05) is 6.26 Å². The van der Waals surface area contributed by atoms with Crippen LogP contribution in [0.25, 0.3) is 0 Å². The molecule has 18 heavy (non-hydrogen) atoms. The molecule has 0 aliphatic rings. The third kappa shape index (κ3) is 3.68. The van der Waals surface area contributed by atoms with Gasteiger partial charge in [-0.2, -0.15) is 0 Å². The van der Waals surface area contributed by atoms with E-state index in [1.54, 1.807) is 18.7 Å². The lowest BCUT2D eigenvalue weighted by atomic mass is 10.1. The van der Waals surface area contributed by atoms with E-state index in [2.05, 4.69) is 9.71 Å². The molecule has 2 rings (SSSR count). The quantitative estimate of drug-likeness (QED) is 0.882. The fourth-order valence-corrected chi connectivity index (χ4v) is 2.49. The highest BCUT2D eigenvalue weighted by Crippen LogP contribution is 2.15. The Balaban J connectivity index is 2.23. The first-order chi connectivity index (χ1) is 8.54. The highest BCUT2D eigenvalue weighted by molar-refractivity contribution is 7.88. The standard InChI is InChI=1S/C12H15N3O2S/c1-18(16,17)14-12(9-15-8-7-13-10-15)11-5-3-2-4-6-11/h2-8,10,12,14H,9H2,1H3. The maximum absolute atomic E-state index is 11.4. The molecule has 1 aromatic carbocycles. The van der Waals surface area contributed by atoms with Gasteiger partial charge in [0.05, 0.1) is 18.6 Å². The number of nitrogens with one attached hydrogen (secondary N) is 1. The zero-order valence-corrected chi connectivity index (χ0v) is 10.8. The summed E-state index contributed by atoms with van der Waals surface area (Å²) in [5.41, 5.74) is 0.927. The van der Waals surface area contributed by atoms with Gasteiger partial charge in [0.1, 0.15) is 0 Å². The van der Waals surface area contributed by atoms with Crippen LogP contribution in [0.2, 0.25) is 0 Å². The Morgan fingerprint density at radius 1 is 1.33 bits per heavy atom. The van der Waals surface area contributed by atoms with E-state index in [4.69, 9.17) is 0 Å². The maximum atomic E-state index is 11.4. The number of hydrogen-bond acceptors (Lipinski definition) is 3. The molecular weight excluding hydrogens is 250 g/mol. The molecule has 1 aromatic heterocycles. The average molecular weight is 265 g/mol. The zero-order valence-electron chi connectivity index (χ0n) is 10.0. The fraction of sp³-hybridized carbons (Fsp3) is 0.250. The largest absolute Gasteiger partial charge is 0.336 e. The lowest BCUT2D eigenvalue weighted by molar-refractivity contribution is 0.513. The maximum Gasteiger partial charge on any atom is 0.209 e. The van der Waals surface area contributed by atoms with Gasteiger partial charge in [-0.25, -0.2) is 18.1 Å². The third-order valence-electron chi connectivity index (χ3n) is 2.51. The van der Waals surface area contributed by atoms with Crippen molar-refractivity contribution in [1.29, 1.82) is 0 Å². The molecule has 5 nitrogen and oxygen atoms in total. The molecular formula is C12H15N3O2S. The number of nitrogens with zero attached hydrogens (tertiary/aromatic N) is 2. The van der Waals surface area contributed by atoms with Gasteiger partial charge in [-0.15, -0.1) is 0 Å². The molecule has 0 saturated heterocycles. The number of hydrogen-bond donors (Lipinski definition) is 1. The Kier molecular flexibility index (Phi) is 3.78. The summed E-state index contributed by atoms with van der Waals surface area (Å²) in [7, 11) is -3.26. The molecule has 0 amide bonds. The molecule has 1 unspecified atom stereocenters. The summed E-state index contributed by atoms with van der Waals surface area (Å²) in [5, 5.41) is 0. The van der Waals surface area contributed by atoms with Crippen LogP contribution in [0.5, 0.6) is 0 Å². The van der Waals surface area contributed by atoms with Crippen LogP contribution in [0.4, 0.5) is 0 Å². The smallest absolute Gasteiger partial charge is 0.209 e. The molecule has 0 bridgehead atoms. The molecule has 1 heterocycles. The van der Waals surface area contributed by atoms with Crippen molar-refractivity contribution in [2.45, 2.75) is 12.6 Å². The number of rotatable bonds is 5. The summed E-state index contributed by atoms with van der Waals surface area (Å²) in [6.45, 7) is 0.511. The van der Waals surface area contributed by atoms with Gasteiger partial charge >= 0.3 is 0 Å². The van der Waals surface area contributed by atoms with Crippen molar-refractivity contribution >= 4 is 10.0 Å². The lowest BCUT2D eigenvalue weighted by Gasteiger charge is -2.18. The van der Waals surface area contributed by atoms with Crippen LogP contribution in [0.3, 0.4) is 0 Å². The Bertz CT molecular complexity index is 579. The normalized spacial score (nSPS) is 13.4. The van der Waals surface area contributed by atoms with Gasteiger partial charge in [0.25, 0.3) is 0 Å². The van der Waals surface area contributed by atoms with Crippen LogP contribution >= 0.6 is 0 Å². The van der Waals surface area contributed by atoms with E-state index in [9.17, 15) is 8.42 Å². The van der Waals surface area contributed by atoms with Gasteiger partial charge in [0.2, 0.25) is 10.0 Å². The summed E-state index contributed by atoms with van der Waals surface area (Å²) in [4.78, 5) is 3.95. The summed E-state index contributed by atoms with van der Waals surface area (Å²) in [5.74, 6) is 0. The number of sulfonamides is 1. The predicted molar refractivity (Wildman–Crippen MR) is 69.4 cm³/mol. The van der Waals surface area contributed by atoms with E-state index >= 15 is 0 Å². The second-order valence-corrected chi connectivity index (χ2v) is 5.89. The third-order valence-corrected chi connectivity index (χ3v) is 3.22. The number of aromatic nitrogens is 2. The summed E-state index contributed by atoms with van der Waals surface area (Å²) in [6.07, 6.45) is 6.30. The van der Waals surface area contributed by atoms with Crippen molar-refractivity contribution in [2.24, 2.45) is 0 Å². The minimum Gasteiger partial charge on any atom is -0.336 e. The average Bonchev–Trinajstić information content (AvgIpc) is 2.80. The van der Waals surface area contributed by atoms with Crippen molar-refractivity contribution in [3.63, 3.8) is 0 Å². The van der Waals surface area contributed by atoms with Crippen LogP contribution in [-0.4, -0.2) is 24.2 Å². The number of benzene rings is 1. The van der Waals surface area contributed by atoms with E-state index in [-0.39, 0.29) is 6.04 Å². The SMILES string of the molecule is CS(=O)(=O)NC(Cn1ccnc1)c1ccccc1. The van der Waals surface area contributed by atoms with E-state index in [1.165, 1.54) is 0 Å². The van der Waals surface area contributed by atoms with Crippen LogP contribution in [0.1, 0.15) is 11.6 Å². The molecule has 0 spiro atoms. The van der Waals surface area contributed by atoms with Gasteiger partial charge in [-0.3, -0.25) is 0 Å². The van der Waals surface area contributed by atoms with Crippen molar-refractivity contribution in [1.82, 2.24) is 14.3 Å². The van der Waals surface area contributed by atoms with Crippen molar-refractivity contribution < 1.29 is 8.42 Å². The Hall–Kier alpha value is -1.66. The van der Waals surface area contributed by atoms with E-state index in [0.29, 0.717) is 6.54 Å². The zero-order chi connectivity index (χ0) is 13.0. The molecule has 2 aromatic rings. The molecule has 0 aliphatic carbocycles. The van der Waals surface area contributed by atoms with Crippen molar-refractivity contribution in [3.05, 3.63) is 54.6 Å². The predicted octanol–water partition coefficient (Wildman–Crippen LogP) is 1.17. The number of imidazole rings is 1. The minimum atomic E-state index is -3.26. The van der Waals surface area contributed by atoms with Crippen LogP contribution in [-0.2, 0) is 16.6 Å². The molecule has 0 saturated carbocycles. The molecule has 6 heteroatoms. The van der Waals surface area contributed by atoms with E-state index in [0.717, 1.165) is 11.8 Å². The Morgan fingerprint density at radius 2 is 2.06 bits per heavy atom. The topological polar surface area (TPSA) is 64.0 Å². The minimum absolute atomic E-state index is 0.296. The van der Waals surface area contributed by atoms with Crippen LogP contribution in [0, 0.1) is 0 Å². The van der Waals surface area contributed by atoms with E-state index in [1.807, 2.05) is 34.9 Å². The molecule has 0 aliphatic heterocycles. The second-order valence-electron chi connectivity index (χ2n) is 4.11. The highest BCUT2D eigenvalue weighted by atomic mass is 32.2. The van der Waals surface area contributed by atoms with Crippen molar-refractivity contribution in [3.8, 4) is 0 Å². The Morgan fingerprint density at radius 3 is 2.61 bits per heavy atom. The Labute approximate surface area is 107 Å². The summed E-state index contributed by atoms with van der Waals surface area (Å²) in [6, 6.07) is 9.19. The molecule has 96 valence electrons. The molecule has 0 radical (unpaired) electrons. The summed E-state index contributed by atoms with van der Waals surface area (Å²) >= 11 is 0. The second kappa shape index (κ2) is 5.32.